The van der Waals surface area contributed by atoms with Crippen LogP contribution >= 0.6 is 36.5 Å². The van der Waals surface area contributed by atoms with Gasteiger partial charge >= 0.3 is 64.3 Å². The molecule has 0 aromatic rings. The second-order valence-corrected chi connectivity index (χ2v) is 35.3. The second kappa shape index (κ2) is 3.26. The SMILES string of the molecule is N[CH](N)[Sn]([Cl])([Cl])[I]. The van der Waals surface area contributed by atoms with E-state index in [1.165, 1.54) is 0 Å². The fourth-order valence-corrected chi connectivity index (χ4v) is 0. The Hall–Kier alpha value is 2.03. The summed E-state index contributed by atoms with van der Waals surface area (Å²) in [6.45, 7) is 0. The average molecular weight is 362 g/mol. The predicted octanol–water partition coefficient (Wildman–Crippen LogP) is 0.621. The number of halogens is 3. The monoisotopic (exact) mass is 362 g/mol. The van der Waals surface area contributed by atoms with Gasteiger partial charge in [0.05, 0.1) is 0 Å². The van der Waals surface area contributed by atoms with E-state index >= 15 is 0 Å². The Morgan fingerprint density at radius 2 is 1.57 bits per heavy atom. The summed E-state index contributed by atoms with van der Waals surface area (Å²) in [6, 6.07) is 0. The van der Waals surface area contributed by atoms with Crippen LogP contribution in [0.1, 0.15) is 0 Å². The van der Waals surface area contributed by atoms with Gasteiger partial charge in [-0.2, -0.15) is 0 Å². The van der Waals surface area contributed by atoms with Crippen molar-refractivity contribution in [2.45, 2.75) is 4.18 Å². The molecule has 6 heteroatoms. The first-order valence-corrected chi connectivity index (χ1v) is 18.7. The summed E-state index contributed by atoms with van der Waals surface area (Å²) in [4.78, 5) is 0. The quantitative estimate of drug-likeness (QED) is 0.409. The molecule has 0 heterocycles. The number of hydrogen-bond acceptors (Lipinski definition) is 2. The van der Waals surface area contributed by atoms with Crippen LogP contribution in [0.2, 0.25) is 0 Å². The van der Waals surface area contributed by atoms with E-state index in [-0.39, 0.29) is 0 Å². The molecular weight excluding hydrogens is 357 g/mol. The van der Waals surface area contributed by atoms with Gasteiger partial charge in [0.15, 0.2) is 0 Å². The van der Waals surface area contributed by atoms with Crippen molar-refractivity contribution >= 4 is 48.6 Å². The van der Waals surface area contributed by atoms with Gasteiger partial charge in [0.25, 0.3) is 0 Å². The fraction of sp³-hybridized carbons (Fsp3) is 1.00. The molecule has 0 spiro atoms. The van der Waals surface area contributed by atoms with Gasteiger partial charge < -0.3 is 0 Å². The first-order chi connectivity index (χ1) is 2.94. The Labute approximate surface area is 63.4 Å². The molecule has 0 fully saturated rings. The third kappa shape index (κ3) is 4.53. The Bertz CT molecular complexity index is 61.2. The van der Waals surface area contributed by atoms with Gasteiger partial charge in [-0.05, 0) is 0 Å². The molecule has 0 aliphatic heterocycles. The number of hydrogen-bond donors (Lipinski definition) is 2. The molecule has 0 atom stereocenters. The number of rotatable bonds is 1. The van der Waals surface area contributed by atoms with Crippen molar-refractivity contribution in [1.29, 1.82) is 0 Å². The Morgan fingerprint density at radius 3 is 1.57 bits per heavy atom. The molecule has 0 saturated heterocycles. The summed E-state index contributed by atoms with van der Waals surface area (Å²) in [6.07, 6.45) is 0. The maximum atomic E-state index is 5.58. The molecule has 0 aliphatic rings. The van der Waals surface area contributed by atoms with Crippen LogP contribution in [0.25, 0.3) is 0 Å². The van der Waals surface area contributed by atoms with E-state index in [0.717, 1.165) is 0 Å². The van der Waals surface area contributed by atoms with Crippen molar-refractivity contribution in [3.63, 3.8) is 0 Å². The van der Waals surface area contributed by atoms with E-state index < -0.39 is 16.3 Å². The van der Waals surface area contributed by atoms with E-state index in [9.17, 15) is 0 Å². The molecule has 0 radical (unpaired) electrons. The molecule has 4 N–H and O–H groups in total. The van der Waals surface area contributed by atoms with Crippen molar-refractivity contribution in [1.82, 2.24) is 0 Å². The molecule has 0 bridgehead atoms. The van der Waals surface area contributed by atoms with Gasteiger partial charge in [-0.15, -0.1) is 0 Å². The summed E-state index contributed by atoms with van der Waals surface area (Å²) in [5, 5.41) is 0. The molecule has 0 aromatic carbocycles. The average Bonchev–Trinajstić information content (AvgIpc) is 1.31. The summed E-state index contributed by atoms with van der Waals surface area (Å²) in [5.74, 6) is 0. The van der Waals surface area contributed by atoms with Crippen LogP contribution in [0.3, 0.4) is 0 Å². The van der Waals surface area contributed by atoms with Gasteiger partial charge in [-0.1, -0.05) is 0 Å². The fourth-order valence-electron chi connectivity index (χ4n) is 0. The Morgan fingerprint density at radius 1 is 1.43 bits per heavy atom. The summed E-state index contributed by atoms with van der Waals surface area (Å²) in [7, 11) is 11.2. The first-order valence-electron chi connectivity index (χ1n) is 1.52. The van der Waals surface area contributed by atoms with E-state index in [1.54, 1.807) is 0 Å². The zero-order chi connectivity index (χ0) is 6.08. The number of nitrogens with two attached hydrogens (primary N) is 2. The molecule has 2 nitrogen and oxygen atoms in total. The Kier molecular flexibility index (Phi) is 4.21. The third-order valence-electron chi connectivity index (χ3n) is 0.378. The maximum absolute atomic E-state index is 5.58. The zero-order valence-corrected chi connectivity index (χ0v) is 9.89. The molecule has 0 aliphatic carbocycles. The van der Waals surface area contributed by atoms with Crippen LogP contribution in [0, 0.1) is 0 Å². The van der Waals surface area contributed by atoms with Gasteiger partial charge in [0.2, 0.25) is 0 Å². The van der Waals surface area contributed by atoms with Crippen molar-refractivity contribution in [2.75, 3.05) is 0 Å². The molecule has 0 rings (SSSR count). The van der Waals surface area contributed by atoms with Crippen LogP contribution in [-0.4, -0.2) is 16.3 Å². The summed E-state index contributed by atoms with van der Waals surface area (Å²) >= 11 is -0.939. The normalized spacial score (nSPS) is 12.9. The van der Waals surface area contributed by atoms with Crippen LogP contribution in [0.15, 0.2) is 0 Å². The molecule has 7 heavy (non-hydrogen) atoms. The van der Waals surface area contributed by atoms with Gasteiger partial charge in [-0.25, -0.2) is 0 Å². The summed E-state index contributed by atoms with van der Waals surface area (Å²) in [5.41, 5.74) is 10.3. The third-order valence-corrected chi connectivity index (χ3v) is 10.7. The molecule has 0 saturated carbocycles. The topological polar surface area (TPSA) is 52.0 Å². The summed E-state index contributed by atoms with van der Waals surface area (Å²) < 4.78 is -0.474. The first kappa shape index (κ1) is 9.03. The van der Waals surface area contributed by atoms with Gasteiger partial charge in [0, 0.05) is 0 Å². The Balaban J connectivity index is 3.54. The van der Waals surface area contributed by atoms with Crippen molar-refractivity contribution < 1.29 is 0 Å². The van der Waals surface area contributed by atoms with E-state index in [1.807, 2.05) is 18.6 Å². The van der Waals surface area contributed by atoms with Gasteiger partial charge in [-0.3, -0.25) is 0 Å². The van der Waals surface area contributed by atoms with Crippen LogP contribution in [-0.2, 0) is 0 Å². The predicted molar refractivity (Wildman–Crippen MR) is 43.6 cm³/mol. The van der Waals surface area contributed by atoms with Crippen LogP contribution < -0.4 is 11.5 Å². The molecule has 0 aromatic heterocycles. The molecule has 0 unspecified atom stereocenters. The van der Waals surface area contributed by atoms with E-state index in [4.69, 9.17) is 29.3 Å². The molecular formula is CH5Cl2IN2Sn. The zero-order valence-electron chi connectivity index (χ0n) is 3.37. The molecule has 0 amide bonds. The van der Waals surface area contributed by atoms with Crippen molar-refractivity contribution in [2.24, 2.45) is 11.5 Å². The minimum atomic E-state index is -2.90. The van der Waals surface area contributed by atoms with E-state index in [0.29, 0.717) is 0 Å². The second-order valence-electron chi connectivity index (χ2n) is 1.07. The van der Waals surface area contributed by atoms with Crippen molar-refractivity contribution in [3.05, 3.63) is 0 Å². The molecule has 44 valence electrons. The standard InChI is InChI=1S/CH5N2.2ClH.HI.Sn/c2-1-3;;;;/h1H,2-3H2;3*1H;/q;;;;+3/p-3. The van der Waals surface area contributed by atoms with Gasteiger partial charge in [0.1, 0.15) is 0 Å². The van der Waals surface area contributed by atoms with Crippen molar-refractivity contribution in [3.8, 4) is 0 Å². The minimum absolute atomic E-state index is 0.474. The van der Waals surface area contributed by atoms with Crippen LogP contribution in [0.4, 0.5) is 0 Å². The van der Waals surface area contributed by atoms with E-state index in [2.05, 4.69) is 0 Å². The van der Waals surface area contributed by atoms with Crippen LogP contribution in [0.5, 0.6) is 0 Å².